The molecule has 0 amide bonds. The van der Waals surface area contributed by atoms with Crippen LogP contribution in [0, 0.1) is 0 Å². The molecule has 5 nitrogen and oxygen atoms in total. The molecule has 0 aliphatic carbocycles. The van der Waals surface area contributed by atoms with Crippen molar-refractivity contribution in [1.82, 2.24) is 9.97 Å². The minimum atomic E-state index is -0.129. The van der Waals surface area contributed by atoms with E-state index in [1.54, 1.807) is 18.0 Å². The van der Waals surface area contributed by atoms with Gasteiger partial charge in [0.2, 0.25) is 0 Å². The lowest BCUT2D eigenvalue weighted by atomic mass is 10.2. The van der Waals surface area contributed by atoms with Crippen LogP contribution in [0.1, 0.15) is 18.0 Å². The Bertz CT molecular complexity index is 1070. The van der Waals surface area contributed by atoms with E-state index < -0.39 is 0 Å². The number of para-hydroxylation sites is 1. The average Bonchev–Trinajstić information content (AvgIpc) is 3.35. The molecule has 138 valence electrons. The maximum Gasteiger partial charge on any atom is 0.260 e. The molecule has 0 spiro atoms. The maximum absolute atomic E-state index is 12.6. The number of H-pyrrole nitrogens is 1. The molecule has 3 aromatic heterocycles. The van der Waals surface area contributed by atoms with Crippen LogP contribution in [0.15, 0.2) is 63.3 Å². The van der Waals surface area contributed by atoms with Crippen molar-refractivity contribution in [1.29, 1.82) is 0 Å². The molecule has 27 heavy (non-hydrogen) atoms. The van der Waals surface area contributed by atoms with E-state index in [4.69, 9.17) is 9.15 Å². The summed E-state index contributed by atoms with van der Waals surface area (Å²) in [6, 6.07) is 13.4. The number of thiophene rings is 1. The SMILES string of the molecule is CC(SCCOc1ccccc1)c1nc2scc(-c3ccco3)c2c(=O)[nH]1. The normalized spacial score (nSPS) is 12.3. The second-order valence-electron chi connectivity index (χ2n) is 5.93. The number of nitrogens with one attached hydrogen (secondary N) is 1. The number of nitrogens with zero attached hydrogens (tertiary/aromatic N) is 1. The summed E-state index contributed by atoms with van der Waals surface area (Å²) >= 11 is 3.16. The average molecular weight is 399 g/mol. The van der Waals surface area contributed by atoms with Crippen LogP contribution in [0.4, 0.5) is 0 Å². The van der Waals surface area contributed by atoms with Crippen molar-refractivity contribution in [3.63, 3.8) is 0 Å². The number of aromatic nitrogens is 2. The van der Waals surface area contributed by atoms with E-state index in [1.807, 2.05) is 54.8 Å². The number of ether oxygens (including phenoxy) is 1. The van der Waals surface area contributed by atoms with Gasteiger partial charge in [-0.05, 0) is 31.2 Å². The van der Waals surface area contributed by atoms with Crippen molar-refractivity contribution in [3.8, 4) is 17.1 Å². The second-order valence-corrected chi connectivity index (χ2v) is 8.24. The summed E-state index contributed by atoms with van der Waals surface area (Å²) in [6.45, 7) is 2.64. The first kappa shape index (κ1) is 17.9. The lowest BCUT2D eigenvalue weighted by molar-refractivity contribution is 0.344. The largest absolute Gasteiger partial charge is 0.493 e. The Hall–Kier alpha value is -2.51. The molecule has 0 saturated heterocycles. The molecule has 1 unspecified atom stereocenters. The van der Waals surface area contributed by atoms with Crippen molar-refractivity contribution in [2.75, 3.05) is 12.4 Å². The van der Waals surface area contributed by atoms with Gasteiger partial charge in [0.25, 0.3) is 5.56 Å². The van der Waals surface area contributed by atoms with Crippen LogP contribution in [0.25, 0.3) is 21.5 Å². The second kappa shape index (κ2) is 8.02. The van der Waals surface area contributed by atoms with Gasteiger partial charge in [0.05, 0.1) is 23.5 Å². The zero-order chi connectivity index (χ0) is 18.6. The first-order valence-electron chi connectivity index (χ1n) is 8.57. The third kappa shape index (κ3) is 3.94. The molecule has 1 N–H and O–H groups in total. The lowest BCUT2D eigenvalue weighted by Crippen LogP contribution is -2.13. The standard InChI is InChI=1S/C20H18N2O3S2/c1-13(26-11-10-24-14-6-3-2-4-7-14)18-21-19(23)17-15(12-27-20(17)22-18)16-8-5-9-25-16/h2-9,12-13H,10-11H2,1H3,(H,21,22,23). The quantitative estimate of drug-likeness (QED) is 0.438. The number of fused-ring (bicyclic) bond motifs is 1. The van der Waals surface area contributed by atoms with Crippen LogP contribution in [0.2, 0.25) is 0 Å². The molecular weight excluding hydrogens is 380 g/mol. The van der Waals surface area contributed by atoms with Gasteiger partial charge in [0.1, 0.15) is 22.2 Å². The first-order chi connectivity index (χ1) is 13.2. The van der Waals surface area contributed by atoms with Crippen LogP contribution in [0.5, 0.6) is 5.75 Å². The van der Waals surface area contributed by atoms with Crippen LogP contribution in [0.3, 0.4) is 0 Å². The Morgan fingerprint density at radius 3 is 2.89 bits per heavy atom. The predicted octanol–water partition coefficient (Wildman–Crippen LogP) is 5.12. The van der Waals surface area contributed by atoms with Crippen molar-refractivity contribution in [2.24, 2.45) is 0 Å². The fourth-order valence-corrected chi connectivity index (χ4v) is 4.49. The molecule has 1 aromatic carbocycles. The number of rotatable bonds is 7. The highest BCUT2D eigenvalue weighted by atomic mass is 32.2. The smallest absolute Gasteiger partial charge is 0.260 e. The van der Waals surface area contributed by atoms with Gasteiger partial charge in [-0.25, -0.2) is 4.98 Å². The minimum Gasteiger partial charge on any atom is -0.493 e. The van der Waals surface area contributed by atoms with E-state index in [0.29, 0.717) is 23.6 Å². The number of furan rings is 1. The van der Waals surface area contributed by atoms with Gasteiger partial charge in [-0.1, -0.05) is 18.2 Å². The molecule has 0 fully saturated rings. The van der Waals surface area contributed by atoms with E-state index in [-0.39, 0.29) is 10.8 Å². The van der Waals surface area contributed by atoms with Gasteiger partial charge in [0.15, 0.2) is 0 Å². The molecule has 0 bridgehead atoms. The van der Waals surface area contributed by atoms with E-state index in [9.17, 15) is 4.79 Å². The Labute approximate surface area is 164 Å². The third-order valence-electron chi connectivity index (χ3n) is 4.10. The Morgan fingerprint density at radius 1 is 1.26 bits per heavy atom. The lowest BCUT2D eigenvalue weighted by Gasteiger charge is -2.11. The number of benzene rings is 1. The Kier molecular flexibility index (Phi) is 5.31. The third-order valence-corrected chi connectivity index (χ3v) is 6.09. The summed E-state index contributed by atoms with van der Waals surface area (Å²) in [7, 11) is 0. The van der Waals surface area contributed by atoms with Crippen molar-refractivity contribution in [2.45, 2.75) is 12.2 Å². The van der Waals surface area contributed by atoms with Crippen molar-refractivity contribution in [3.05, 3.63) is 70.3 Å². The fraction of sp³-hybridized carbons (Fsp3) is 0.200. The fourth-order valence-electron chi connectivity index (χ4n) is 2.75. The van der Waals surface area contributed by atoms with Gasteiger partial charge in [-0.3, -0.25) is 4.79 Å². The highest BCUT2D eigenvalue weighted by Gasteiger charge is 2.17. The van der Waals surface area contributed by atoms with E-state index >= 15 is 0 Å². The van der Waals surface area contributed by atoms with Crippen molar-refractivity contribution < 1.29 is 9.15 Å². The molecule has 4 rings (SSSR count). The summed E-state index contributed by atoms with van der Waals surface area (Å²) in [6.07, 6.45) is 1.60. The molecule has 0 saturated carbocycles. The summed E-state index contributed by atoms with van der Waals surface area (Å²) < 4.78 is 11.1. The molecule has 0 radical (unpaired) electrons. The van der Waals surface area contributed by atoms with Crippen LogP contribution < -0.4 is 10.3 Å². The molecule has 3 heterocycles. The number of aromatic amines is 1. The summed E-state index contributed by atoms with van der Waals surface area (Å²) in [5.74, 6) is 3.04. The highest BCUT2D eigenvalue weighted by Crippen LogP contribution is 2.32. The minimum absolute atomic E-state index is 0.0654. The first-order valence-corrected chi connectivity index (χ1v) is 10.5. The Balaban J connectivity index is 1.45. The molecule has 4 aromatic rings. The van der Waals surface area contributed by atoms with Crippen LogP contribution in [-0.4, -0.2) is 22.3 Å². The predicted molar refractivity (Wildman–Crippen MR) is 111 cm³/mol. The number of hydrogen-bond donors (Lipinski definition) is 1. The van der Waals surface area contributed by atoms with E-state index in [2.05, 4.69) is 9.97 Å². The maximum atomic E-state index is 12.6. The number of thioether (sulfide) groups is 1. The zero-order valence-corrected chi connectivity index (χ0v) is 16.3. The molecule has 0 aliphatic heterocycles. The molecular formula is C20H18N2O3S2. The van der Waals surface area contributed by atoms with Crippen LogP contribution in [-0.2, 0) is 0 Å². The summed E-state index contributed by atoms with van der Waals surface area (Å²) in [4.78, 5) is 21.0. The molecule has 7 heteroatoms. The van der Waals surface area contributed by atoms with Crippen molar-refractivity contribution >= 4 is 33.3 Å². The topological polar surface area (TPSA) is 68.1 Å². The Morgan fingerprint density at radius 2 is 2.11 bits per heavy atom. The van der Waals surface area contributed by atoms with Gasteiger partial charge < -0.3 is 14.1 Å². The molecule has 1 atom stereocenters. The van der Waals surface area contributed by atoms with Gasteiger partial charge >= 0.3 is 0 Å². The monoisotopic (exact) mass is 398 g/mol. The number of hydrogen-bond acceptors (Lipinski definition) is 6. The van der Waals surface area contributed by atoms with Gasteiger partial charge in [-0.2, -0.15) is 0 Å². The van der Waals surface area contributed by atoms with E-state index in [0.717, 1.165) is 21.9 Å². The molecule has 0 aliphatic rings. The summed E-state index contributed by atoms with van der Waals surface area (Å²) in [5, 5.41) is 2.57. The van der Waals surface area contributed by atoms with E-state index in [1.165, 1.54) is 11.3 Å². The highest BCUT2D eigenvalue weighted by molar-refractivity contribution is 7.99. The van der Waals surface area contributed by atoms with Gasteiger partial charge in [-0.15, -0.1) is 23.1 Å². The van der Waals surface area contributed by atoms with Gasteiger partial charge in [0, 0.05) is 16.7 Å². The summed E-state index contributed by atoms with van der Waals surface area (Å²) in [5.41, 5.74) is 0.660. The van der Waals surface area contributed by atoms with Crippen LogP contribution >= 0.6 is 23.1 Å². The zero-order valence-electron chi connectivity index (χ0n) is 14.7.